The summed E-state index contributed by atoms with van der Waals surface area (Å²) in [6.07, 6.45) is 0.697. The maximum absolute atomic E-state index is 12.3. The molecule has 0 aliphatic carbocycles. The van der Waals surface area contributed by atoms with E-state index in [1.165, 1.54) is 11.8 Å². The van der Waals surface area contributed by atoms with Crippen molar-refractivity contribution in [2.45, 2.75) is 37.2 Å². The van der Waals surface area contributed by atoms with Crippen LogP contribution >= 0.6 is 11.8 Å². The van der Waals surface area contributed by atoms with E-state index in [-0.39, 0.29) is 11.2 Å². The molecule has 1 aromatic heterocycles. The van der Waals surface area contributed by atoms with Gasteiger partial charge in [0, 0.05) is 18.3 Å². The van der Waals surface area contributed by atoms with Gasteiger partial charge in [-0.2, -0.15) is 0 Å². The van der Waals surface area contributed by atoms with E-state index in [4.69, 9.17) is 5.73 Å². The first kappa shape index (κ1) is 16.3. The Kier molecular flexibility index (Phi) is 5.77. The fraction of sp³-hybridized carbons (Fsp3) is 0.312. The molecule has 1 amide bonds. The lowest BCUT2D eigenvalue weighted by atomic mass is 10.2. The summed E-state index contributed by atoms with van der Waals surface area (Å²) in [6.45, 7) is 4.35. The average Bonchev–Trinajstić information content (AvgIpc) is 2.50. The van der Waals surface area contributed by atoms with Crippen molar-refractivity contribution < 1.29 is 4.79 Å². The highest BCUT2D eigenvalue weighted by Gasteiger charge is 2.19. The standard InChI is InChI=1S/C16H20N4OS/c1-3-13(22-16-19-11(2)9-14(17)20-16)15(21)18-10-12-7-5-4-6-8-12/h4-9,13H,3,10H2,1-2H3,(H,18,21)(H2,17,19,20). The lowest BCUT2D eigenvalue weighted by molar-refractivity contribution is -0.120. The zero-order valence-corrected chi connectivity index (χ0v) is 13.6. The van der Waals surface area contributed by atoms with Gasteiger partial charge in [0.25, 0.3) is 0 Å². The van der Waals surface area contributed by atoms with Gasteiger partial charge in [0.05, 0.1) is 5.25 Å². The summed E-state index contributed by atoms with van der Waals surface area (Å²) in [7, 11) is 0. The van der Waals surface area contributed by atoms with E-state index < -0.39 is 0 Å². The number of benzene rings is 1. The van der Waals surface area contributed by atoms with Crippen molar-refractivity contribution in [2.75, 3.05) is 5.73 Å². The monoisotopic (exact) mass is 316 g/mol. The molecule has 2 rings (SSSR count). The largest absolute Gasteiger partial charge is 0.384 e. The van der Waals surface area contributed by atoms with Gasteiger partial charge >= 0.3 is 0 Å². The van der Waals surface area contributed by atoms with Gasteiger partial charge in [0.2, 0.25) is 5.91 Å². The van der Waals surface area contributed by atoms with Crippen LogP contribution in [0, 0.1) is 6.92 Å². The Bertz CT molecular complexity index is 613. The van der Waals surface area contributed by atoms with Crippen molar-refractivity contribution in [2.24, 2.45) is 0 Å². The van der Waals surface area contributed by atoms with Crippen molar-refractivity contribution in [3.05, 3.63) is 47.7 Å². The Morgan fingerprint density at radius 2 is 2.05 bits per heavy atom. The van der Waals surface area contributed by atoms with Gasteiger partial charge in [-0.1, -0.05) is 49.0 Å². The lowest BCUT2D eigenvalue weighted by Gasteiger charge is -2.14. The molecule has 5 nitrogen and oxygen atoms in total. The Balaban J connectivity index is 1.96. The zero-order valence-electron chi connectivity index (χ0n) is 12.7. The second-order valence-electron chi connectivity index (χ2n) is 4.93. The molecule has 1 aromatic carbocycles. The van der Waals surface area contributed by atoms with Crippen LogP contribution in [-0.2, 0) is 11.3 Å². The number of rotatable bonds is 6. The van der Waals surface area contributed by atoms with Crippen LogP contribution in [0.1, 0.15) is 24.6 Å². The molecule has 3 N–H and O–H groups in total. The van der Waals surface area contributed by atoms with Gasteiger partial charge in [-0.3, -0.25) is 4.79 Å². The molecular weight excluding hydrogens is 296 g/mol. The number of anilines is 1. The lowest BCUT2D eigenvalue weighted by Crippen LogP contribution is -2.32. The number of aromatic nitrogens is 2. The number of carbonyl (C=O) groups excluding carboxylic acids is 1. The quantitative estimate of drug-likeness (QED) is 0.632. The molecule has 0 aliphatic rings. The normalized spacial score (nSPS) is 11.9. The molecule has 0 aliphatic heterocycles. The van der Waals surface area contributed by atoms with Gasteiger partial charge in [-0.05, 0) is 18.9 Å². The molecule has 0 bridgehead atoms. The molecule has 0 saturated carbocycles. The van der Waals surface area contributed by atoms with E-state index in [1.807, 2.05) is 44.2 Å². The third kappa shape index (κ3) is 4.73. The highest BCUT2D eigenvalue weighted by atomic mass is 32.2. The number of thioether (sulfide) groups is 1. The van der Waals surface area contributed by atoms with Crippen molar-refractivity contribution >= 4 is 23.5 Å². The number of carbonyl (C=O) groups is 1. The maximum atomic E-state index is 12.3. The third-order valence-corrected chi connectivity index (χ3v) is 4.30. The summed E-state index contributed by atoms with van der Waals surface area (Å²) in [5.41, 5.74) is 7.60. The van der Waals surface area contributed by atoms with E-state index in [1.54, 1.807) is 6.07 Å². The van der Waals surface area contributed by atoms with E-state index in [0.29, 0.717) is 23.9 Å². The first-order valence-electron chi connectivity index (χ1n) is 7.18. The predicted octanol–water partition coefficient (Wildman–Crippen LogP) is 2.55. The summed E-state index contributed by atoms with van der Waals surface area (Å²) in [6, 6.07) is 11.5. The molecule has 22 heavy (non-hydrogen) atoms. The highest BCUT2D eigenvalue weighted by Crippen LogP contribution is 2.23. The van der Waals surface area contributed by atoms with Gasteiger partial charge in [0.15, 0.2) is 5.16 Å². The summed E-state index contributed by atoms with van der Waals surface area (Å²) >= 11 is 1.35. The van der Waals surface area contributed by atoms with Crippen LogP contribution < -0.4 is 11.1 Å². The number of nitrogens with one attached hydrogen (secondary N) is 1. The maximum Gasteiger partial charge on any atom is 0.233 e. The number of amides is 1. The van der Waals surface area contributed by atoms with Crippen LogP contribution in [0.5, 0.6) is 0 Å². The average molecular weight is 316 g/mol. The van der Waals surface area contributed by atoms with Crippen molar-refractivity contribution in [3.8, 4) is 0 Å². The van der Waals surface area contributed by atoms with Crippen LogP contribution in [0.4, 0.5) is 5.82 Å². The molecule has 0 radical (unpaired) electrons. The molecule has 1 heterocycles. The topological polar surface area (TPSA) is 80.9 Å². The molecule has 0 saturated heterocycles. The molecule has 6 heteroatoms. The van der Waals surface area contributed by atoms with E-state index in [0.717, 1.165) is 11.3 Å². The molecule has 1 atom stereocenters. The number of nitrogens with zero attached hydrogens (tertiary/aromatic N) is 2. The van der Waals surface area contributed by atoms with E-state index in [9.17, 15) is 4.79 Å². The molecule has 116 valence electrons. The van der Waals surface area contributed by atoms with Crippen molar-refractivity contribution in [3.63, 3.8) is 0 Å². The highest BCUT2D eigenvalue weighted by molar-refractivity contribution is 8.00. The summed E-state index contributed by atoms with van der Waals surface area (Å²) in [4.78, 5) is 20.8. The number of nitrogen functional groups attached to an aromatic ring is 1. The Morgan fingerprint density at radius 1 is 1.32 bits per heavy atom. The van der Waals surface area contributed by atoms with E-state index >= 15 is 0 Å². The SMILES string of the molecule is CCC(Sc1nc(C)cc(N)n1)C(=O)NCc1ccccc1. The minimum Gasteiger partial charge on any atom is -0.384 e. The Labute approximate surface area is 134 Å². The van der Waals surface area contributed by atoms with Crippen LogP contribution in [0.25, 0.3) is 0 Å². The van der Waals surface area contributed by atoms with Crippen LogP contribution in [-0.4, -0.2) is 21.1 Å². The number of aryl methyl sites for hydroxylation is 1. The second kappa shape index (κ2) is 7.79. The molecule has 1 unspecified atom stereocenters. The van der Waals surface area contributed by atoms with Gasteiger partial charge < -0.3 is 11.1 Å². The van der Waals surface area contributed by atoms with E-state index in [2.05, 4.69) is 15.3 Å². The first-order valence-corrected chi connectivity index (χ1v) is 8.06. The van der Waals surface area contributed by atoms with Gasteiger partial charge in [-0.25, -0.2) is 9.97 Å². The number of nitrogens with two attached hydrogens (primary N) is 1. The summed E-state index contributed by atoms with van der Waals surface area (Å²) < 4.78 is 0. The number of hydrogen-bond donors (Lipinski definition) is 2. The Morgan fingerprint density at radius 3 is 2.68 bits per heavy atom. The smallest absolute Gasteiger partial charge is 0.233 e. The van der Waals surface area contributed by atoms with Gasteiger partial charge in [-0.15, -0.1) is 0 Å². The molecular formula is C16H20N4OS. The van der Waals surface area contributed by atoms with Crippen LogP contribution in [0.15, 0.2) is 41.6 Å². The van der Waals surface area contributed by atoms with Crippen molar-refractivity contribution in [1.82, 2.24) is 15.3 Å². The molecule has 0 fully saturated rings. The minimum absolute atomic E-state index is 0.0139. The van der Waals surface area contributed by atoms with Gasteiger partial charge in [0.1, 0.15) is 5.82 Å². The van der Waals surface area contributed by atoms with Crippen LogP contribution in [0.3, 0.4) is 0 Å². The fourth-order valence-electron chi connectivity index (χ4n) is 1.97. The second-order valence-corrected chi connectivity index (χ2v) is 6.10. The zero-order chi connectivity index (χ0) is 15.9. The van der Waals surface area contributed by atoms with Crippen LogP contribution in [0.2, 0.25) is 0 Å². The third-order valence-electron chi connectivity index (χ3n) is 3.07. The summed E-state index contributed by atoms with van der Waals surface area (Å²) in [5.74, 6) is 0.412. The van der Waals surface area contributed by atoms with Crippen molar-refractivity contribution in [1.29, 1.82) is 0 Å². The molecule has 0 spiro atoms. The predicted molar refractivity (Wildman–Crippen MR) is 89.4 cm³/mol. The molecule has 2 aromatic rings. The first-order chi connectivity index (χ1) is 10.6. The minimum atomic E-state index is -0.232. The Hall–Kier alpha value is -2.08. The summed E-state index contributed by atoms with van der Waals surface area (Å²) in [5, 5.41) is 3.26. The number of hydrogen-bond acceptors (Lipinski definition) is 5. The fourth-order valence-corrected chi connectivity index (χ4v) is 2.93.